The number of hydrogen-bond donors (Lipinski definition) is 1. The van der Waals surface area contributed by atoms with E-state index in [-0.39, 0.29) is 11.7 Å². The maximum atomic E-state index is 12.3. The average Bonchev–Trinajstić information content (AvgIpc) is 2.84. The van der Waals surface area contributed by atoms with Crippen molar-refractivity contribution in [3.63, 3.8) is 0 Å². The Balaban J connectivity index is 2.08. The van der Waals surface area contributed by atoms with Crippen molar-refractivity contribution in [1.82, 2.24) is 9.78 Å². The van der Waals surface area contributed by atoms with Crippen LogP contribution in [0.15, 0.2) is 36.5 Å². The molecule has 0 atom stereocenters. The maximum absolute atomic E-state index is 12.3. The van der Waals surface area contributed by atoms with Crippen molar-refractivity contribution in [3.05, 3.63) is 47.7 Å². The fraction of sp³-hybridized carbons (Fsp3) is 0.375. The summed E-state index contributed by atoms with van der Waals surface area (Å²) >= 11 is 0. The SMILES string of the molecule is CC(C)Cn1nccc1NC(=O)c1ccc(CS(C)(=O)=O)cc1. The topological polar surface area (TPSA) is 81.1 Å². The molecule has 0 bridgehead atoms. The van der Waals surface area contributed by atoms with E-state index in [2.05, 4.69) is 24.3 Å². The molecular formula is C16H21N3O3S. The summed E-state index contributed by atoms with van der Waals surface area (Å²) in [5.41, 5.74) is 1.13. The van der Waals surface area contributed by atoms with Gasteiger partial charge in [0, 0.05) is 24.4 Å². The molecule has 7 heteroatoms. The summed E-state index contributed by atoms with van der Waals surface area (Å²) in [7, 11) is -3.08. The number of carbonyl (C=O) groups excluding carboxylic acids is 1. The van der Waals surface area contributed by atoms with Gasteiger partial charge >= 0.3 is 0 Å². The molecule has 6 nitrogen and oxygen atoms in total. The van der Waals surface area contributed by atoms with E-state index >= 15 is 0 Å². The minimum Gasteiger partial charge on any atom is -0.307 e. The molecule has 2 rings (SSSR count). The molecule has 2 aromatic rings. The van der Waals surface area contributed by atoms with E-state index in [4.69, 9.17) is 0 Å². The summed E-state index contributed by atoms with van der Waals surface area (Å²) in [5.74, 6) is 0.780. The summed E-state index contributed by atoms with van der Waals surface area (Å²) in [6.45, 7) is 4.87. The van der Waals surface area contributed by atoms with Gasteiger partial charge in [0.25, 0.3) is 5.91 Å². The van der Waals surface area contributed by atoms with Crippen LogP contribution >= 0.6 is 0 Å². The first kappa shape index (κ1) is 17.2. The predicted molar refractivity (Wildman–Crippen MR) is 90.0 cm³/mol. The monoisotopic (exact) mass is 335 g/mol. The molecule has 1 N–H and O–H groups in total. The van der Waals surface area contributed by atoms with Crippen LogP contribution < -0.4 is 5.32 Å². The zero-order valence-electron chi connectivity index (χ0n) is 13.5. The van der Waals surface area contributed by atoms with E-state index in [1.165, 1.54) is 6.26 Å². The van der Waals surface area contributed by atoms with Gasteiger partial charge < -0.3 is 5.32 Å². The molecule has 0 fully saturated rings. The number of rotatable bonds is 6. The van der Waals surface area contributed by atoms with E-state index in [9.17, 15) is 13.2 Å². The third-order valence-corrected chi connectivity index (χ3v) is 4.00. The molecule has 1 amide bonds. The standard InChI is InChI=1S/C16H21N3O3S/c1-12(2)10-19-15(8-9-17-19)18-16(20)14-6-4-13(5-7-14)11-23(3,21)22/h4-9,12H,10-11H2,1-3H3,(H,18,20). The Morgan fingerprint density at radius 1 is 1.22 bits per heavy atom. The summed E-state index contributed by atoms with van der Waals surface area (Å²) in [4.78, 5) is 12.3. The number of carbonyl (C=O) groups is 1. The summed E-state index contributed by atoms with van der Waals surface area (Å²) in [6.07, 6.45) is 2.83. The number of anilines is 1. The van der Waals surface area contributed by atoms with Gasteiger partial charge in [-0.2, -0.15) is 5.10 Å². The van der Waals surface area contributed by atoms with E-state index in [1.54, 1.807) is 41.2 Å². The number of nitrogens with one attached hydrogen (secondary N) is 1. The lowest BCUT2D eigenvalue weighted by Gasteiger charge is -2.11. The van der Waals surface area contributed by atoms with E-state index in [0.29, 0.717) is 22.9 Å². The lowest BCUT2D eigenvalue weighted by atomic mass is 10.1. The summed E-state index contributed by atoms with van der Waals surface area (Å²) in [5, 5.41) is 7.02. The number of benzene rings is 1. The zero-order valence-corrected chi connectivity index (χ0v) is 14.3. The molecule has 0 aliphatic heterocycles. The average molecular weight is 335 g/mol. The first-order valence-corrected chi connectivity index (χ1v) is 9.40. The minimum atomic E-state index is -3.08. The highest BCUT2D eigenvalue weighted by Gasteiger charge is 2.11. The first-order chi connectivity index (χ1) is 10.7. The highest BCUT2D eigenvalue weighted by atomic mass is 32.2. The Kier molecular flexibility index (Phi) is 5.20. The largest absolute Gasteiger partial charge is 0.307 e. The van der Waals surface area contributed by atoms with Crippen molar-refractivity contribution in [3.8, 4) is 0 Å². The molecule has 1 aromatic carbocycles. The molecule has 1 heterocycles. The molecule has 0 spiro atoms. The fourth-order valence-corrected chi connectivity index (χ4v) is 2.97. The molecule has 0 saturated heterocycles. The van der Waals surface area contributed by atoms with Crippen molar-refractivity contribution in [1.29, 1.82) is 0 Å². The van der Waals surface area contributed by atoms with Gasteiger partial charge in [0.05, 0.1) is 11.9 Å². The normalized spacial score (nSPS) is 11.7. The molecule has 0 aliphatic carbocycles. The Labute approximate surface area is 136 Å². The lowest BCUT2D eigenvalue weighted by Crippen LogP contribution is -2.17. The first-order valence-electron chi connectivity index (χ1n) is 7.34. The molecule has 23 heavy (non-hydrogen) atoms. The van der Waals surface area contributed by atoms with Gasteiger partial charge in [-0.25, -0.2) is 13.1 Å². The predicted octanol–water partition coefficient (Wildman–Crippen LogP) is 2.34. The third-order valence-electron chi connectivity index (χ3n) is 3.14. The van der Waals surface area contributed by atoms with Crippen LogP contribution in [-0.2, 0) is 22.1 Å². The molecule has 0 radical (unpaired) electrons. The lowest BCUT2D eigenvalue weighted by molar-refractivity contribution is 0.102. The molecule has 0 aliphatic rings. The highest BCUT2D eigenvalue weighted by molar-refractivity contribution is 7.89. The van der Waals surface area contributed by atoms with Crippen LogP contribution in [-0.4, -0.2) is 30.4 Å². The number of aromatic nitrogens is 2. The van der Waals surface area contributed by atoms with Gasteiger partial charge in [-0.15, -0.1) is 0 Å². The van der Waals surface area contributed by atoms with Crippen LogP contribution in [0.5, 0.6) is 0 Å². The van der Waals surface area contributed by atoms with Crippen molar-refractivity contribution in [2.24, 2.45) is 5.92 Å². The minimum absolute atomic E-state index is 0.0317. The summed E-state index contributed by atoms with van der Waals surface area (Å²) in [6, 6.07) is 8.30. The Morgan fingerprint density at radius 2 is 1.87 bits per heavy atom. The van der Waals surface area contributed by atoms with Gasteiger partial charge in [-0.05, 0) is 23.6 Å². The van der Waals surface area contributed by atoms with Crippen molar-refractivity contribution in [2.75, 3.05) is 11.6 Å². The molecule has 0 saturated carbocycles. The van der Waals surface area contributed by atoms with Crippen molar-refractivity contribution in [2.45, 2.75) is 26.1 Å². The van der Waals surface area contributed by atoms with E-state index in [0.717, 1.165) is 6.54 Å². The molecule has 124 valence electrons. The van der Waals surface area contributed by atoms with Crippen molar-refractivity contribution < 1.29 is 13.2 Å². The molecular weight excluding hydrogens is 314 g/mol. The van der Waals surface area contributed by atoms with Gasteiger partial charge in [0.2, 0.25) is 0 Å². The van der Waals surface area contributed by atoms with Gasteiger partial charge in [-0.1, -0.05) is 26.0 Å². The van der Waals surface area contributed by atoms with Crippen LogP contribution in [0.3, 0.4) is 0 Å². The second kappa shape index (κ2) is 6.95. The quantitative estimate of drug-likeness (QED) is 0.878. The zero-order chi connectivity index (χ0) is 17.0. The van der Waals surface area contributed by atoms with Gasteiger partial charge in [0.1, 0.15) is 5.82 Å². The Morgan fingerprint density at radius 3 is 2.43 bits per heavy atom. The van der Waals surface area contributed by atoms with E-state index in [1.807, 2.05) is 0 Å². The Hall–Kier alpha value is -2.15. The van der Waals surface area contributed by atoms with Gasteiger partial charge in [0.15, 0.2) is 9.84 Å². The number of sulfone groups is 1. The second-order valence-corrected chi connectivity index (χ2v) is 8.15. The number of amides is 1. The highest BCUT2D eigenvalue weighted by Crippen LogP contribution is 2.13. The Bertz CT molecular complexity index is 777. The van der Waals surface area contributed by atoms with Crippen molar-refractivity contribution >= 4 is 21.6 Å². The smallest absolute Gasteiger partial charge is 0.256 e. The van der Waals surface area contributed by atoms with Gasteiger partial charge in [-0.3, -0.25) is 4.79 Å². The van der Waals surface area contributed by atoms with Crippen LogP contribution in [0.4, 0.5) is 5.82 Å². The summed E-state index contributed by atoms with van der Waals surface area (Å²) < 4.78 is 24.3. The molecule has 1 aromatic heterocycles. The third kappa shape index (κ3) is 5.21. The molecule has 0 unspecified atom stereocenters. The van der Waals surface area contributed by atoms with Crippen LogP contribution in [0, 0.1) is 5.92 Å². The van der Waals surface area contributed by atoms with E-state index < -0.39 is 9.84 Å². The second-order valence-electron chi connectivity index (χ2n) is 6.01. The number of nitrogens with zero attached hydrogens (tertiary/aromatic N) is 2. The van der Waals surface area contributed by atoms with Crippen LogP contribution in [0.2, 0.25) is 0 Å². The van der Waals surface area contributed by atoms with Crippen LogP contribution in [0.25, 0.3) is 0 Å². The fourth-order valence-electron chi connectivity index (χ4n) is 2.17. The maximum Gasteiger partial charge on any atom is 0.256 e. The van der Waals surface area contributed by atoms with Crippen LogP contribution in [0.1, 0.15) is 29.8 Å². The number of hydrogen-bond acceptors (Lipinski definition) is 4.